The fourth-order valence-corrected chi connectivity index (χ4v) is 4.32. The Balaban J connectivity index is 1.72. The second-order valence-electron chi connectivity index (χ2n) is 5.75. The van der Waals surface area contributed by atoms with E-state index in [1.54, 1.807) is 12.1 Å². The Morgan fingerprint density at radius 2 is 1.69 bits per heavy atom. The van der Waals surface area contributed by atoms with Crippen molar-refractivity contribution in [2.24, 2.45) is 0 Å². The summed E-state index contributed by atoms with van der Waals surface area (Å²) in [6.07, 6.45) is 0. The zero-order valence-electron chi connectivity index (χ0n) is 14.2. The number of hydrogen-bond acceptors (Lipinski definition) is 6. The van der Waals surface area contributed by atoms with Crippen molar-refractivity contribution in [1.29, 1.82) is 0 Å². The van der Waals surface area contributed by atoms with Crippen LogP contribution in [0.1, 0.15) is 6.92 Å². The second kappa shape index (κ2) is 7.50. The van der Waals surface area contributed by atoms with Crippen LogP contribution in [-0.2, 0) is 10.0 Å². The summed E-state index contributed by atoms with van der Waals surface area (Å²) in [6, 6.07) is 6.61. The smallest absolute Gasteiger partial charge is 0.249 e. The van der Waals surface area contributed by atoms with Gasteiger partial charge in [0.2, 0.25) is 10.0 Å². The molecule has 1 aliphatic heterocycles. The molecule has 0 aliphatic carbocycles. The third-order valence-electron chi connectivity index (χ3n) is 4.09. The highest BCUT2D eigenvalue weighted by molar-refractivity contribution is 7.89. The Hall–Kier alpha value is -2.33. The van der Waals surface area contributed by atoms with Crippen molar-refractivity contribution in [3.63, 3.8) is 0 Å². The van der Waals surface area contributed by atoms with Gasteiger partial charge in [0.1, 0.15) is 17.5 Å². The lowest BCUT2D eigenvalue weighted by Crippen LogP contribution is -2.49. The average molecular weight is 383 g/mol. The van der Waals surface area contributed by atoms with Gasteiger partial charge in [-0.05, 0) is 31.2 Å². The van der Waals surface area contributed by atoms with Gasteiger partial charge in [-0.25, -0.2) is 17.2 Å². The van der Waals surface area contributed by atoms with Crippen LogP contribution < -0.4 is 10.2 Å². The fourth-order valence-electron chi connectivity index (χ4n) is 2.78. The molecule has 0 spiro atoms. The minimum absolute atomic E-state index is 0.104. The number of nitrogens with one attached hydrogen (secondary N) is 1. The first-order valence-corrected chi connectivity index (χ1v) is 9.64. The summed E-state index contributed by atoms with van der Waals surface area (Å²) in [4.78, 5) is 0.982. The summed E-state index contributed by atoms with van der Waals surface area (Å²) < 4.78 is 54.0. The largest absolute Gasteiger partial charge is 0.369 e. The van der Waals surface area contributed by atoms with Gasteiger partial charge in [0.05, 0.1) is 0 Å². The van der Waals surface area contributed by atoms with Crippen LogP contribution in [0.2, 0.25) is 0 Å². The molecule has 1 aromatic carbocycles. The van der Waals surface area contributed by atoms with E-state index >= 15 is 0 Å². The zero-order chi connectivity index (χ0) is 18.7. The van der Waals surface area contributed by atoms with Crippen molar-refractivity contribution in [3.8, 4) is 0 Å². The number of benzene rings is 1. The van der Waals surface area contributed by atoms with Crippen molar-refractivity contribution < 1.29 is 17.2 Å². The van der Waals surface area contributed by atoms with Gasteiger partial charge in [-0.1, -0.05) is 6.07 Å². The summed E-state index contributed by atoms with van der Waals surface area (Å²) in [5, 5.41) is 11.2. The molecule has 0 unspecified atom stereocenters. The predicted octanol–water partition coefficient (Wildman–Crippen LogP) is 1.70. The van der Waals surface area contributed by atoms with Crippen molar-refractivity contribution >= 4 is 21.7 Å². The Morgan fingerprint density at radius 3 is 2.23 bits per heavy atom. The molecule has 3 rings (SSSR count). The maximum Gasteiger partial charge on any atom is 0.249 e. The van der Waals surface area contributed by atoms with E-state index in [1.165, 1.54) is 0 Å². The molecular formula is C16H19F2N5O2S. The van der Waals surface area contributed by atoms with Crippen molar-refractivity contribution in [1.82, 2.24) is 14.5 Å². The standard InChI is InChI=1S/C16H19F2N5O2S/c1-2-19-14-6-7-15(21-20-14)22-8-10-23(11-9-22)26(24,25)16-12(17)4-3-5-13(16)18/h3-7H,2,8-11H2,1H3,(H,19,20). The third-order valence-corrected chi connectivity index (χ3v) is 6.04. The molecule has 1 fully saturated rings. The summed E-state index contributed by atoms with van der Waals surface area (Å²) in [6.45, 7) is 3.60. The van der Waals surface area contributed by atoms with Gasteiger partial charge in [0, 0.05) is 32.7 Å². The van der Waals surface area contributed by atoms with Gasteiger partial charge in [0.25, 0.3) is 0 Å². The molecule has 2 heterocycles. The van der Waals surface area contributed by atoms with Gasteiger partial charge in [-0.2, -0.15) is 4.31 Å². The summed E-state index contributed by atoms with van der Waals surface area (Å²) in [7, 11) is -4.23. The molecule has 2 aromatic rings. The molecule has 1 N–H and O–H groups in total. The average Bonchev–Trinajstić information content (AvgIpc) is 2.62. The molecule has 10 heteroatoms. The number of sulfonamides is 1. The fraction of sp³-hybridized carbons (Fsp3) is 0.375. The second-order valence-corrected chi connectivity index (χ2v) is 7.62. The van der Waals surface area contributed by atoms with Gasteiger partial charge >= 0.3 is 0 Å². The quantitative estimate of drug-likeness (QED) is 0.847. The molecule has 7 nitrogen and oxygen atoms in total. The van der Waals surface area contributed by atoms with Crippen molar-refractivity contribution in [2.45, 2.75) is 11.8 Å². The number of hydrogen-bond donors (Lipinski definition) is 1. The number of nitrogens with zero attached hydrogens (tertiary/aromatic N) is 4. The molecule has 0 atom stereocenters. The van der Waals surface area contributed by atoms with E-state index in [0.29, 0.717) is 24.7 Å². The normalized spacial score (nSPS) is 15.9. The zero-order valence-corrected chi connectivity index (χ0v) is 15.0. The topological polar surface area (TPSA) is 78.4 Å². The Labute approximate surface area is 150 Å². The summed E-state index contributed by atoms with van der Waals surface area (Å²) in [5.74, 6) is -0.886. The minimum Gasteiger partial charge on any atom is -0.369 e. The molecule has 0 saturated carbocycles. The maximum absolute atomic E-state index is 13.9. The van der Waals surface area contributed by atoms with Crippen LogP contribution in [-0.4, -0.2) is 55.6 Å². The SMILES string of the molecule is CCNc1ccc(N2CCN(S(=O)(=O)c3c(F)cccc3F)CC2)nn1. The van der Waals surface area contributed by atoms with E-state index < -0.39 is 26.6 Å². The molecular weight excluding hydrogens is 364 g/mol. The highest BCUT2D eigenvalue weighted by Crippen LogP contribution is 2.24. The monoisotopic (exact) mass is 383 g/mol. The molecule has 26 heavy (non-hydrogen) atoms. The van der Waals surface area contributed by atoms with E-state index in [1.807, 2.05) is 11.8 Å². The first-order valence-electron chi connectivity index (χ1n) is 8.20. The highest BCUT2D eigenvalue weighted by atomic mass is 32.2. The van der Waals surface area contributed by atoms with Gasteiger partial charge < -0.3 is 10.2 Å². The first-order chi connectivity index (χ1) is 12.4. The predicted molar refractivity (Wildman–Crippen MR) is 93.5 cm³/mol. The molecule has 1 aliphatic rings. The maximum atomic E-state index is 13.9. The molecule has 0 amide bonds. The minimum atomic E-state index is -4.23. The van der Waals surface area contributed by atoms with E-state index in [2.05, 4.69) is 15.5 Å². The van der Waals surface area contributed by atoms with Crippen LogP contribution in [0.5, 0.6) is 0 Å². The Kier molecular flexibility index (Phi) is 5.33. The van der Waals surface area contributed by atoms with E-state index in [0.717, 1.165) is 29.0 Å². The number of piperazine rings is 1. The molecule has 1 saturated heterocycles. The molecule has 140 valence electrons. The third kappa shape index (κ3) is 3.61. The Morgan fingerprint density at radius 1 is 1.04 bits per heavy atom. The van der Waals surface area contributed by atoms with Crippen LogP contribution in [0, 0.1) is 11.6 Å². The number of rotatable bonds is 5. The molecule has 1 aromatic heterocycles. The molecule has 0 radical (unpaired) electrons. The highest BCUT2D eigenvalue weighted by Gasteiger charge is 2.33. The number of aromatic nitrogens is 2. The van der Waals surface area contributed by atoms with Crippen molar-refractivity contribution in [2.75, 3.05) is 42.9 Å². The molecule has 0 bridgehead atoms. The van der Waals surface area contributed by atoms with E-state index in [4.69, 9.17) is 0 Å². The van der Waals surface area contributed by atoms with Crippen LogP contribution >= 0.6 is 0 Å². The van der Waals surface area contributed by atoms with E-state index in [9.17, 15) is 17.2 Å². The van der Waals surface area contributed by atoms with Gasteiger partial charge in [-0.15, -0.1) is 10.2 Å². The van der Waals surface area contributed by atoms with Crippen LogP contribution in [0.3, 0.4) is 0 Å². The lowest BCUT2D eigenvalue weighted by atomic mass is 10.3. The number of anilines is 2. The lowest BCUT2D eigenvalue weighted by molar-refractivity contribution is 0.377. The summed E-state index contributed by atoms with van der Waals surface area (Å²) >= 11 is 0. The van der Waals surface area contributed by atoms with Crippen molar-refractivity contribution in [3.05, 3.63) is 42.0 Å². The summed E-state index contributed by atoms with van der Waals surface area (Å²) in [5.41, 5.74) is 0. The van der Waals surface area contributed by atoms with Crippen LogP contribution in [0.25, 0.3) is 0 Å². The lowest BCUT2D eigenvalue weighted by Gasteiger charge is -2.34. The van der Waals surface area contributed by atoms with Gasteiger partial charge in [0.15, 0.2) is 10.7 Å². The van der Waals surface area contributed by atoms with Gasteiger partial charge in [-0.3, -0.25) is 0 Å². The van der Waals surface area contributed by atoms with Crippen LogP contribution in [0.4, 0.5) is 20.4 Å². The van der Waals surface area contributed by atoms with E-state index in [-0.39, 0.29) is 13.1 Å². The Bertz CT molecular complexity index is 848. The van der Waals surface area contributed by atoms with Crippen LogP contribution in [0.15, 0.2) is 35.2 Å². The number of halogens is 2. The first kappa shape index (κ1) is 18.5.